The Balaban J connectivity index is 1.91. The summed E-state index contributed by atoms with van der Waals surface area (Å²) in [5.41, 5.74) is 4.36. The zero-order valence-electron chi connectivity index (χ0n) is 11.5. The summed E-state index contributed by atoms with van der Waals surface area (Å²) >= 11 is 0. The lowest BCUT2D eigenvalue weighted by molar-refractivity contribution is 0.0697. The van der Waals surface area contributed by atoms with Gasteiger partial charge >= 0.3 is 5.97 Å². The van der Waals surface area contributed by atoms with Crippen molar-refractivity contribution in [3.8, 4) is 5.69 Å². The quantitative estimate of drug-likeness (QED) is 0.615. The number of carbonyl (C=O) groups is 1. The molecule has 0 fully saturated rings. The molecular weight excluding hydrogens is 278 g/mol. The Morgan fingerprint density at radius 3 is 2.23 bits per heavy atom. The van der Waals surface area contributed by atoms with Gasteiger partial charge in [-0.25, -0.2) is 14.8 Å². The Bertz CT molecular complexity index is 1000. The maximum absolute atomic E-state index is 10.9. The van der Waals surface area contributed by atoms with Crippen molar-refractivity contribution in [2.24, 2.45) is 0 Å². The van der Waals surface area contributed by atoms with Crippen molar-refractivity contribution >= 4 is 28.2 Å². The number of carboxylic acid groups (broad SMARTS) is 1. The molecule has 0 unspecified atom stereocenters. The van der Waals surface area contributed by atoms with Crippen LogP contribution in [0.1, 0.15) is 10.4 Å². The van der Waals surface area contributed by atoms with Gasteiger partial charge in [0.1, 0.15) is 5.52 Å². The third-order valence-corrected chi connectivity index (χ3v) is 3.58. The molecule has 106 valence electrons. The fraction of sp³-hybridized carbons (Fsp3) is 0. The second-order valence-electron chi connectivity index (χ2n) is 4.96. The van der Waals surface area contributed by atoms with Crippen molar-refractivity contribution in [2.75, 3.05) is 0 Å². The smallest absolute Gasteiger partial charge is 0.335 e. The molecule has 0 aliphatic rings. The molecule has 4 aromatic rings. The molecule has 1 N–H and O–H groups in total. The van der Waals surface area contributed by atoms with Gasteiger partial charge in [0.15, 0.2) is 5.65 Å². The molecule has 2 aromatic heterocycles. The highest BCUT2D eigenvalue weighted by Crippen LogP contribution is 2.20. The van der Waals surface area contributed by atoms with Crippen LogP contribution in [-0.2, 0) is 0 Å². The van der Waals surface area contributed by atoms with E-state index in [1.54, 1.807) is 24.3 Å². The molecule has 0 amide bonds. The molecule has 0 saturated carbocycles. The van der Waals surface area contributed by atoms with Gasteiger partial charge in [0.2, 0.25) is 0 Å². The molecule has 22 heavy (non-hydrogen) atoms. The lowest BCUT2D eigenvalue weighted by Crippen LogP contribution is -1.98. The van der Waals surface area contributed by atoms with E-state index in [1.165, 1.54) is 0 Å². The highest BCUT2D eigenvalue weighted by molar-refractivity contribution is 5.88. The van der Waals surface area contributed by atoms with Crippen LogP contribution in [0, 0.1) is 0 Å². The van der Waals surface area contributed by atoms with E-state index in [9.17, 15) is 4.79 Å². The van der Waals surface area contributed by atoms with Crippen LogP contribution in [-0.4, -0.2) is 25.6 Å². The molecule has 0 aliphatic carbocycles. The first-order chi connectivity index (χ1) is 10.7. The topological polar surface area (TPSA) is 68.0 Å². The van der Waals surface area contributed by atoms with E-state index in [1.807, 2.05) is 41.1 Å². The van der Waals surface area contributed by atoms with Crippen molar-refractivity contribution in [2.45, 2.75) is 0 Å². The molecule has 5 heteroatoms. The first kappa shape index (κ1) is 12.5. The van der Waals surface area contributed by atoms with Crippen molar-refractivity contribution in [1.29, 1.82) is 0 Å². The predicted molar refractivity (Wildman–Crippen MR) is 83.3 cm³/mol. The summed E-state index contributed by atoms with van der Waals surface area (Å²) < 4.78 is 1.90. The number of aromatic carboxylic acids is 1. The molecule has 0 spiro atoms. The van der Waals surface area contributed by atoms with Gasteiger partial charge in [-0.15, -0.1) is 0 Å². The van der Waals surface area contributed by atoms with E-state index in [0.717, 1.165) is 27.9 Å². The third kappa shape index (κ3) is 1.91. The highest BCUT2D eigenvalue weighted by Gasteiger charge is 2.09. The number of para-hydroxylation sites is 2. The number of rotatable bonds is 2. The molecule has 0 saturated heterocycles. The fourth-order valence-electron chi connectivity index (χ4n) is 2.48. The van der Waals surface area contributed by atoms with E-state index in [4.69, 9.17) is 5.11 Å². The summed E-state index contributed by atoms with van der Waals surface area (Å²) in [7, 11) is 0. The number of hydrogen-bond donors (Lipinski definition) is 1. The van der Waals surface area contributed by atoms with Gasteiger partial charge in [-0.3, -0.25) is 4.57 Å². The maximum atomic E-state index is 10.9. The minimum absolute atomic E-state index is 0.261. The second kappa shape index (κ2) is 4.66. The summed E-state index contributed by atoms with van der Waals surface area (Å²) in [6, 6.07) is 16.3. The van der Waals surface area contributed by atoms with Crippen molar-refractivity contribution in [1.82, 2.24) is 14.5 Å². The zero-order valence-corrected chi connectivity index (χ0v) is 11.5. The van der Waals surface area contributed by atoms with Crippen LogP contribution in [0.15, 0.2) is 60.8 Å². The summed E-state index contributed by atoms with van der Waals surface area (Å²) in [5, 5.41) is 8.97. The first-order valence-corrected chi connectivity index (χ1v) is 6.80. The number of carboxylic acids is 1. The Kier molecular flexibility index (Phi) is 2.66. The normalized spacial score (nSPS) is 11.1. The SMILES string of the molecule is O=C(O)c1ccc(-n2ccc3nc4ccccc4nc32)cc1. The zero-order chi connectivity index (χ0) is 15.1. The molecule has 0 aliphatic heterocycles. The van der Waals surface area contributed by atoms with Gasteiger partial charge in [0.25, 0.3) is 0 Å². The molecule has 0 bridgehead atoms. The van der Waals surface area contributed by atoms with Crippen LogP contribution < -0.4 is 0 Å². The number of fused-ring (bicyclic) bond motifs is 2. The Labute approximate surface area is 125 Å². The molecule has 4 rings (SSSR count). The molecule has 2 aromatic carbocycles. The average Bonchev–Trinajstić information content (AvgIpc) is 2.95. The third-order valence-electron chi connectivity index (χ3n) is 3.58. The number of aromatic nitrogens is 3. The highest BCUT2D eigenvalue weighted by atomic mass is 16.4. The van der Waals surface area contributed by atoms with Crippen LogP contribution >= 0.6 is 0 Å². The van der Waals surface area contributed by atoms with Crippen LogP contribution in [0.2, 0.25) is 0 Å². The Hall–Kier alpha value is -3.21. The number of hydrogen-bond acceptors (Lipinski definition) is 3. The molecule has 0 radical (unpaired) electrons. The van der Waals surface area contributed by atoms with Crippen LogP contribution in [0.4, 0.5) is 0 Å². The van der Waals surface area contributed by atoms with E-state index < -0.39 is 5.97 Å². The summed E-state index contributed by atoms with van der Waals surface area (Å²) in [6.07, 6.45) is 1.89. The van der Waals surface area contributed by atoms with Crippen molar-refractivity contribution in [3.05, 3.63) is 66.4 Å². The van der Waals surface area contributed by atoms with Gasteiger partial charge in [-0.1, -0.05) is 12.1 Å². The van der Waals surface area contributed by atoms with Gasteiger partial charge in [-0.2, -0.15) is 0 Å². The van der Waals surface area contributed by atoms with Gasteiger partial charge in [-0.05, 0) is 42.5 Å². The van der Waals surface area contributed by atoms with Crippen LogP contribution in [0.5, 0.6) is 0 Å². The minimum atomic E-state index is -0.935. The Morgan fingerprint density at radius 2 is 1.55 bits per heavy atom. The first-order valence-electron chi connectivity index (χ1n) is 6.80. The van der Waals surface area contributed by atoms with Crippen LogP contribution in [0.3, 0.4) is 0 Å². The lowest BCUT2D eigenvalue weighted by atomic mass is 10.2. The molecule has 5 nitrogen and oxygen atoms in total. The maximum Gasteiger partial charge on any atom is 0.335 e. The van der Waals surface area contributed by atoms with E-state index >= 15 is 0 Å². The number of nitrogens with zero attached hydrogens (tertiary/aromatic N) is 3. The minimum Gasteiger partial charge on any atom is -0.478 e. The van der Waals surface area contributed by atoms with Gasteiger partial charge < -0.3 is 5.11 Å². The number of benzene rings is 2. The lowest BCUT2D eigenvalue weighted by Gasteiger charge is -2.05. The van der Waals surface area contributed by atoms with E-state index in [0.29, 0.717) is 0 Å². The monoisotopic (exact) mass is 289 g/mol. The van der Waals surface area contributed by atoms with E-state index in [-0.39, 0.29) is 5.56 Å². The van der Waals surface area contributed by atoms with Gasteiger partial charge in [0, 0.05) is 11.9 Å². The predicted octanol–water partition coefficient (Wildman–Crippen LogP) is 3.27. The average molecular weight is 289 g/mol. The van der Waals surface area contributed by atoms with Gasteiger partial charge in [0.05, 0.1) is 16.6 Å². The van der Waals surface area contributed by atoms with Crippen LogP contribution in [0.25, 0.3) is 27.9 Å². The second-order valence-corrected chi connectivity index (χ2v) is 4.96. The van der Waals surface area contributed by atoms with Crippen molar-refractivity contribution < 1.29 is 9.90 Å². The van der Waals surface area contributed by atoms with Crippen molar-refractivity contribution in [3.63, 3.8) is 0 Å². The summed E-state index contributed by atoms with van der Waals surface area (Å²) in [4.78, 5) is 20.2. The van der Waals surface area contributed by atoms with E-state index in [2.05, 4.69) is 9.97 Å². The largest absolute Gasteiger partial charge is 0.478 e. The standard InChI is InChI=1S/C17H11N3O2/c21-17(22)11-5-7-12(8-6-11)20-10-9-15-16(20)19-14-4-2-1-3-13(14)18-15/h1-10H,(H,21,22). The summed E-state index contributed by atoms with van der Waals surface area (Å²) in [5.74, 6) is -0.935. The molecule has 2 heterocycles. The molecular formula is C17H11N3O2. The molecule has 0 atom stereocenters. The fourth-order valence-corrected chi connectivity index (χ4v) is 2.48. The summed E-state index contributed by atoms with van der Waals surface area (Å²) in [6.45, 7) is 0. The Morgan fingerprint density at radius 1 is 0.864 bits per heavy atom.